The number of aromatic nitrogens is 3. The van der Waals surface area contributed by atoms with E-state index in [0.29, 0.717) is 29.6 Å². The van der Waals surface area contributed by atoms with Crippen LogP contribution in [0.15, 0.2) is 61.1 Å². The van der Waals surface area contributed by atoms with Crippen molar-refractivity contribution in [1.82, 2.24) is 15.0 Å². The molecule has 0 fully saturated rings. The molecule has 0 spiro atoms. The summed E-state index contributed by atoms with van der Waals surface area (Å²) in [6, 6.07) is 12.7. The van der Waals surface area contributed by atoms with Gasteiger partial charge in [-0.25, -0.2) is 9.78 Å². The van der Waals surface area contributed by atoms with Crippen molar-refractivity contribution in [3.63, 3.8) is 0 Å². The molecule has 1 aromatic carbocycles. The molecule has 0 amide bonds. The molecule has 7 heteroatoms. The second kappa shape index (κ2) is 7.87. The average Bonchev–Trinajstić information content (AvgIpc) is 2.67. The van der Waals surface area contributed by atoms with Crippen molar-refractivity contribution in [3.8, 4) is 0 Å². The van der Waals surface area contributed by atoms with Crippen LogP contribution >= 0.6 is 0 Å². The number of hydrogen-bond acceptors (Lipinski definition) is 7. The molecule has 3 rings (SSSR count). The Morgan fingerprint density at radius 3 is 2.68 bits per heavy atom. The van der Waals surface area contributed by atoms with Gasteiger partial charge in [0.25, 0.3) is 0 Å². The molecule has 3 aromatic rings. The number of rotatable bonds is 6. The third kappa shape index (κ3) is 4.29. The van der Waals surface area contributed by atoms with Gasteiger partial charge in [-0.1, -0.05) is 12.1 Å². The van der Waals surface area contributed by atoms with Crippen LogP contribution in [0.1, 0.15) is 15.9 Å². The van der Waals surface area contributed by atoms with E-state index >= 15 is 0 Å². The fraction of sp³-hybridized carbons (Fsp3) is 0.111. The SMILES string of the molecule is COC(=O)c1ccccc1Nc1ccnc(NCc2ccncc2)n1. The third-order valence-corrected chi connectivity index (χ3v) is 3.45. The lowest BCUT2D eigenvalue weighted by atomic mass is 10.2. The lowest BCUT2D eigenvalue weighted by Crippen LogP contribution is -2.08. The van der Waals surface area contributed by atoms with Crippen molar-refractivity contribution in [2.75, 3.05) is 17.7 Å². The first-order valence-electron chi connectivity index (χ1n) is 7.66. The molecular weight excluding hydrogens is 318 g/mol. The largest absolute Gasteiger partial charge is 0.465 e. The van der Waals surface area contributed by atoms with Gasteiger partial charge in [-0.2, -0.15) is 4.98 Å². The van der Waals surface area contributed by atoms with E-state index in [1.54, 1.807) is 42.9 Å². The number of benzene rings is 1. The van der Waals surface area contributed by atoms with Crippen LogP contribution in [0.25, 0.3) is 0 Å². The molecule has 0 aliphatic carbocycles. The molecule has 25 heavy (non-hydrogen) atoms. The zero-order valence-electron chi connectivity index (χ0n) is 13.6. The number of nitrogens with zero attached hydrogens (tertiary/aromatic N) is 3. The second-order valence-corrected chi connectivity index (χ2v) is 5.14. The topological polar surface area (TPSA) is 89.0 Å². The molecule has 0 atom stereocenters. The van der Waals surface area contributed by atoms with Gasteiger partial charge in [-0.05, 0) is 35.9 Å². The molecule has 0 bridgehead atoms. The van der Waals surface area contributed by atoms with Crippen LogP contribution in [0.5, 0.6) is 0 Å². The Morgan fingerprint density at radius 1 is 1.08 bits per heavy atom. The highest BCUT2D eigenvalue weighted by Gasteiger charge is 2.11. The number of anilines is 3. The van der Waals surface area contributed by atoms with E-state index in [9.17, 15) is 4.79 Å². The summed E-state index contributed by atoms with van der Waals surface area (Å²) in [5, 5.41) is 6.28. The van der Waals surface area contributed by atoms with Crippen LogP contribution in [0.3, 0.4) is 0 Å². The Kier molecular flexibility index (Phi) is 5.16. The van der Waals surface area contributed by atoms with Gasteiger partial charge in [0.15, 0.2) is 0 Å². The monoisotopic (exact) mass is 335 g/mol. The summed E-state index contributed by atoms with van der Waals surface area (Å²) < 4.78 is 4.80. The molecule has 7 nitrogen and oxygen atoms in total. The fourth-order valence-corrected chi connectivity index (χ4v) is 2.21. The Labute approximate surface area is 145 Å². The number of pyridine rings is 1. The van der Waals surface area contributed by atoms with Gasteiger partial charge in [0, 0.05) is 25.1 Å². The Bertz CT molecular complexity index is 855. The minimum Gasteiger partial charge on any atom is -0.465 e. The molecule has 2 N–H and O–H groups in total. The minimum absolute atomic E-state index is 0.409. The van der Waals surface area contributed by atoms with Gasteiger partial charge in [0.2, 0.25) is 5.95 Å². The van der Waals surface area contributed by atoms with Crippen LogP contribution in [0.2, 0.25) is 0 Å². The maximum atomic E-state index is 11.8. The van der Waals surface area contributed by atoms with Crippen molar-refractivity contribution in [2.45, 2.75) is 6.54 Å². The van der Waals surface area contributed by atoms with Crippen molar-refractivity contribution in [3.05, 3.63) is 72.2 Å². The highest BCUT2D eigenvalue weighted by Crippen LogP contribution is 2.20. The predicted octanol–water partition coefficient (Wildman–Crippen LogP) is 3.01. The lowest BCUT2D eigenvalue weighted by Gasteiger charge is -2.11. The number of nitrogens with one attached hydrogen (secondary N) is 2. The van der Waals surface area contributed by atoms with Crippen LogP contribution in [0, 0.1) is 0 Å². The van der Waals surface area contributed by atoms with Crippen LogP contribution in [-0.4, -0.2) is 28.0 Å². The smallest absolute Gasteiger partial charge is 0.339 e. The lowest BCUT2D eigenvalue weighted by molar-refractivity contribution is 0.0602. The summed E-state index contributed by atoms with van der Waals surface area (Å²) in [4.78, 5) is 24.4. The Morgan fingerprint density at radius 2 is 1.88 bits per heavy atom. The van der Waals surface area contributed by atoms with E-state index in [0.717, 1.165) is 5.56 Å². The molecule has 2 heterocycles. The van der Waals surface area contributed by atoms with Gasteiger partial charge in [-0.3, -0.25) is 4.98 Å². The van der Waals surface area contributed by atoms with Gasteiger partial charge in [0.1, 0.15) is 5.82 Å². The van der Waals surface area contributed by atoms with Crippen LogP contribution in [0.4, 0.5) is 17.5 Å². The molecule has 0 saturated carbocycles. The summed E-state index contributed by atoms with van der Waals surface area (Å²) in [6.45, 7) is 0.588. The quantitative estimate of drug-likeness (QED) is 0.669. The number of esters is 1. The van der Waals surface area contributed by atoms with Crippen molar-refractivity contribution in [1.29, 1.82) is 0 Å². The van der Waals surface area contributed by atoms with E-state index in [4.69, 9.17) is 4.74 Å². The van der Waals surface area contributed by atoms with Crippen molar-refractivity contribution >= 4 is 23.4 Å². The van der Waals surface area contributed by atoms with Crippen LogP contribution < -0.4 is 10.6 Å². The first-order chi connectivity index (χ1) is 12.3. The number of carbonyl (C=O) groups excluding carboxylic acids is 1. The van der Waals surface area contributed by atoms with E-state index in [1.165, 1.54) is 7.11 Å². The van der Waals surface area contributed by atoms with E-state index < -0.39 is 5.97 Å². The standard InChI is InChI=1S/C18H17N5O2/c1-25-17(24)14-4-2-3-5-15(14)22-16-8-11-20-18(23-16)21-12-13-6-9-19-10-7-13/h2-11H,12H2,1H3,(H2,20,21,22,23). The normalized spacial score (nSPS) is 10.1. The summed E-state index contributed by atoms with van der Waals surface area (Å²) in [5.41, 5.74) is 2.14. The molecule has 0 aliphatic rings. The van der Waals surface area contributed by atoms with Gasteiger partial charge < -0.3 is 15.4 Å². The fourth-order valence-electron chi connectivity index (χ4n) is 2.21. The molecule has 0 radical (unpaired) electrons. The molecule has 0 unspecified atom stereocenters. The summed E-state index contributed by atoms with van der Waals surface area (Å²) in [5.74, 6) is 0.647. The highest BCUT2D eigenvalue weighted by molar-refractivity contribution is 5.96. The number of carbonyl (C=O) groups is 1. The Hall–Kier alpha value is -3.48. The predicted molar refractivity (Wildman–Crippen MR) is 94.7 cm³/mol. The van der Waals surface area contributed by atoms with Gasteiger partial charge >= 0.3 is 5.97 Å². The molecule has 0 saturated heterocycles. The summed E-state index contributed by atoms with van der Waals surface area (Å²) >= 11 is 0. The average molecular weight is 335 g/mol. The molecule has 2 aromatic heterocycles. The molecule has 126 valence electrons. The number of ether oxygens (including phenoxy) is 1. The number of hydrogen-bond donors (Lipinski definition) is 2. The minimum atomic E-state index is -0.409. The maximum absolute atomic E-state index is 11.8. The number of methoxy groups -OCH3 is 1. The number of para-hydroxylation sites is 1. The molecule has 0 aliphatic heterocycles. The van der Waals surface area contributed by atoms with Gasteiger partial charge in [-0.15, -0.1) is 0 Å². The zero-order chi connectivity index (χ0) is 17.5. The first kappa shape index (κ1) is 16.4. The zero-order valence-corrected chi connectivity index (χ0v) is 13.6. The van der Waals surface area contributed by atoms with E-state index in [1.807, 2.05) is 18.2 Å². The van der Waals surface area contributed by atoms with Crippen molar-refractivity contribution < 1.29 is 9.53 Å². The van der Waals surface area contributed by atoms with Gasteiger partial charge in [0.05, 0.1) is 18.4 Å². The Balaban J connectivity index is 1.73. The summed E-state index contributed by atoms with van der Waals surface area (Å²) in [7, 11) is 1.35. The highest BCUT2D eigenvalue weighted by atomic mass is 16.5. The van der Waals surface area contributed by atoms with Crippen LogP contribution in [-0.2, 0) is 11.3 Å². The second-order valence-electron chi connectivity index (χ2n) is 5.14. The van der Waals surface area contributed by atoms with E-state index in [2.05, 4.69) is 25.6 Å². The van der Waals surface area contributed by atoms with E-state index in [-0.39, 0.29) is 0 Å². The third-order valence-electron chi connectivity index (χ3n) is 3.45. The summed E-state index contributed by atoms with van der Waals surface area (Å²) in [6.07, 6.45) is 5.12. The van der Waals surface area contributed by atoms with Crippen molar-refractivity contribution in [2.24, 2.45) is 0 Å². The first-order valence-corrected chi connectivity index (χ1v) is 7.66. The maximum Gasteiger partial charge on any atom is 0.339 e. The molecular formula is C18H17N5O2.